The minimum atomic E-state index is -3.27. The molecule has 1 N–H and O–H groups in total. The fraction of sp³-hybridized carbons (Fsp3) is 0.258. The van der Waals surface area contributed by atoms with Gasteiger partial charge in [-0.25, -0.2) is 14.4 Å². The Kier molecular flexibility index (Phi) is 7.49. The van der Waals surface area contributed by atoms with Crippen molar-refractivity contribution >= 4 is 19.6 Å². The number of carboxylic acids is 1. The van der Waals surface area contributed by atoms with Gasteiger partial charge in [0.2, 0.25) is 7.95 Å². The summed E-state index contributed by atoms with van der Waals surface area (Å²) in [5.41, 5.74) is 1.55. The van der Waals surface area contributed by atoms with Gasteiger partial charge < -0.3 is 14.4 Å². The Morgan fingerprint density at radius 1 is 0.875 bits per heavy atom. The lowest BCUT2D eigenvalue weighted by molar-refractivity contribution is -0.141. The largest absolute Gasteiger partial charge is 0.480 e. The van der Waals surface area contributed by atoms with Gasteiger partial charge in [0.15, 0.2) is 0 Å². The molecule has 1 aliphatic rings. The minimum Gasteiger partial charge on any atom is -0.480 e. The maximum atomic E-state index is 13.5. The number of nitrogens with zero attached hydrogens (tertiary/aromatic N) is 3. The van der Waals surface area contributed by atoms with Crippen LogP contribution in [0.3, 0.4) is 0 Å². The molecule has 8 nitrogen and oxygen atoms in total. The maximum absolute atomic E-state index is 13.5. The van der Waals surface area contributed by atoms with Crippen LogP contribution < -0.4 is 0 Å². The van der Waals surface area contributed by atoms with Gasteiger partial charge >= 0.3 is 11.7 Å². The van der Waals surface area contributed by atoms with Gasteiger partial charge in [0, 0.05) is 13.0 Å². The van der Waals surface area contributed by atoms with Gasteiger partial charge in [-0.15, -0.1) is 0 Å². The summed E-state index contributed by atoms with van der Waals surface area (Å²) >= 11 is 0. The highest BCUT2D eigenvalue weighted by Crippen LogP contribution is 2.45. The van der Waals surface area contributed by atoms with Crippen molar-refractivity contribution in [1.82, 2.24) is 14.2 Å². The number of rotatable bonds is 7. The first-order valence-electron chi connectivity index (χ1n) is 13.1. The molecule has 5 rings (SSSR count). The van der Waals surface area contributed by atoms with Crippen LogP contribution in [-0.2, 0) is 32.6 Å². The van der Waals surface area contributed by atoms with Gasteiger partial charge in [-0.2, -0.15) is 0 Å². The molecule has 1 aromatic heterocycles. The van der Waals surface area contributed by atoms with Crippen molar-refractivity contribution in [2.75, 3.05) is 0 Å². The van der Waals surface area contributed by atoms with Crippen molar-refractivity contribution in [1.29, 1.82) is 0 Å². The predicted octanol–water partition coefficient (Wildman–Crippen LogP) is 5.94. The molecule has 2 heterocycles. The van der Waals surface area contributed by atoms with Gasteiger partial charge in [-0.1, -0.05) is 91.0 Å². The van der Waals surface area contributed by atoms with Crippen LogP contribution in [0.25, 0.3) is 0 Å². The summed E-state index contributed by atoms with van der Waals surface area (Å²) in [6.45, 7) is 5.02. The Morgan fingerprint density at radius 3 is 1.77 bits per heavy atom. The van der Waals surface area contributed by atoms with Crippen molar-refractivity contribution < 1.29 is 24.0 Å². The Hall–Kier alpha value is -4.00. The number of benzene rings is 3. The average molecular weight is 558 g/mol. The number of imidazole rings is 1. The molecule has 0 saturated heterocycles. The van der Waals surface area contributed by atoms with Crippen LogP contribution in [0.1, 0.15) is 48.8 Å². The summed E-state index contributed by atoms with van der Waals surface area (Å²) in [7, 11) is -3.27. The van der Waals surface area contributed by atoms with Crippen LogP contribution in [0, 0.1) is 0 Å². The highest BCUT2D eigenvalue weighted by atomic mass is 31.1. The second-order valence-corrected chi connectivity index (χ2v) is 12.4. The number of aliphatic carboxylic acids is 1. The highest BCUT2D eigenvalue weighted by molar-refractivity contribution is 7.60. The quantitative estimate of drug-likeness (QED) is 0.222. The zero-order valence-corrected chi connectivity index (χ0v) is 23.7. The summed E-state index contributed by atoms with van der Waals surface area (Å²) in [6, 6.07) is 28.9. The molecule has 0 bridgehead atoms. The van der Waals surface area contributed by atoms with Crippen molar-refractivity contribution in [3.8, 4) is 0 Å². The van der Waals surface area contributed by atoms with E-state index in [-0.39, 0.29) is 13.0 Å². The summed E-state index contributed by atoms with van der Waals surface area (Å²) in [5.74, 6) is -1.16. The fourth-order valence-electron chi connectivity index (χ4n) is 5.43. The molecule has 3 aromatic carbocycles. The number of fused-ring (bicyclic) bond motifs is 1. The molecule has 1 unspecified atom stereocenters. The third kappa shape index (κ3) is 5.01. The van der Waals surface area contributed by atoms with Crippen LogP contribution >= 0.6 is 7.95 Å². The molecular formula is C31H32N3O5P. The fourth-order valence-corrected chi connectivity index (χ4v) is 6.84. The molecule has 0 radical (unpaired) electrons. The zero-order chi connectivity index (χ0) is 28.5. The van der Waals surface area contributed by atoms with E-state index in [1.807, 2.05) is 59.2 Å². The lowest BCUT2D eigenvalue weighted by atomic mass is 9.76. The van der Waals surface area contributed by atoms with Crippen molar-refractivity contribution in [3.05, 3.63) is 125 Å². The molecular weight excluding hydrogens is 525 g/mol. The lowest BCUT2D eigenvalue weighted by Gasteiger charge is -2.40. The second kappa shape index (κ2) is 10.9. The standard InChI is InChI=1S/C31H32N3O5P/c1-30(2,3)39-29(37)40(38)34-20-27-25(19-26(34)28(35)36)32-21-33(27)31(22-13-7-4-8-14-22,23-15-9-5-10-16-23)24-17-11-6-12-18-24/h4-18,21,26,40H,19-20H2,1-3H3,(H,35,36)/t26-/m0/s1. The number of aromatic nitrogens is 2. The smallest absolute Gasteiger partial charge is 0.376 e. The van der Waals surface area contributed by atoms with E-state index in [1.54, 1.807) is 27.1 Å². The van der Waals surface area contributed by atoms with Gasteiger partial charge in [-0.3, -0.25) is 9.36 Å². The Bertz CT molecular complexity index is 1440. The third-order valence-corrected chi connectivity index (χ3v) is 8.53. The van der Waals surface area contributed by atoms with Crippen LogP contribution in [0.15, 0.2) is 97.3 Å². The zero-order valence-electron chi connectivity index (χ0n) is 22.7. The van der Waals surface area contributed by atoms with Crippen LogP contribution in [0.2, 0.25) is 0 Å². The van der Waals surface area contributed by atoms with Crippen molar-refractivity contribution in [2.24, 2.45) is 0 Å². The molecule has 0 fully saturated rings. The Morgan fingerprint density at radius 2 is 1.35 bits per heavy atom. The van der Waals surface area contributed by atoms with E-state index in [2.05, 4.69) is 36.4 Å². The van der Waals surface area contributed by atoms with E-state index in [0.29, 0.717) is 11.4 Å². The van der Waals surface area contributed by atoms with E-state index < -0.39 is 36.8 Å². The molecule has 4 aromatic rings. The molecule has 0 aliphatic carbocycles. The van der Waals surface area contributed by atoms with Crippen molar-refractivity contribution in [2.45, 2.75) is 50.9 Å². The molecule has 0 saturated carbocycles. The Labute approximate surface area is 234 Å². The molecule has 2 atom stereocenters. The van der Waals surface area contributed by atoms with Gasteiger partial charge in [0.05, 0.1) is 17.7 Å². The first kappa shape index (κ1) is 27.6. The average Bonchev–Trinajstić information content (AvgIpc) is 3.36. The third-order valence-electron chi connectivity index (χ3n) is 7.09. The summed E-state index contributed by atoms with van der Waals surface area (Å²) in [6.07, 6.45) is 1.73. The number of ether oxygens (including phenoxy) is 1. The molecule has 9 heteroatoms. The predicted molar refractivity (Wildman–Crippen MR) is 153 cm³/mol. The summed E-state index contributed by atoms with van der Waals surface area (Å²) < 4.78 is 22.2. The van der Waals surface area contributed by atoms with E-state index >= 15 is 0 Å². The second-order valence-electron chi connectivity index (χ2n) is 10.8. The molecule has 0 spiro atoms. The monoisotopic (exact) mass is 557 g/mol. The van der Waals surface area contributed by atoms with Gasteiger partial charge in [0.1, 0.15) is 17.2 Å². The van der Waals surface area contributed by atoms with Gasteiger partial charge in [0.25, 0.3) is 0 Å². The highest BCUT2D eigenvalue weighted by Gasteiger charge is 2.45. The summed E-state index contributed by atoms with van der Waals surface area (Å²) in [4.78, 5) is 29.9. The molecule has 40 heavy (non-hydrogen) atoms. The first-order valence-corrected chi connectivity index (χ1v) is 14.5. The number of hydrogen-bond acceptors (Lipinski definition) is 5. The van der Waals surface area contributed by atoms with Crippen LogP contribution in [0.5, 0.6) is 0 Å². The van der Waals surface area contributed by atoms with Crippen LogP contribution in [-0.4, -0.2) is 42.7 Å². The van der Waals surface area contributed by atoms with Crippen molar-refractivity contribution in [3.63, 3.8) is 0 Å². The van der Waals surface area contributed by atoms with E-state index in [9.17, 15) is 19.3 Å². The topological polar surface area (TPSA) is 102 Å². The van der Waals surface area contributed by atoms with E-state index in [4.69, 9.17) is 9.72 Å². The van der Waals surface area contributed by atoms with Gasteiger partial charge in [-0.05, 0) is 37.5 Å². The minimum absolute atomic E-state index is 0.00528. The molecule has 0 amide bonds. The Balaban J connectivity index is 1.73. The maximum Gasteiger partial charge on any atom is 0.376 e. The molecule has 1 aliphatic heterocycles. The number of carboxylic acid groups (broad SMARTS) is 1. The molecule has 206 valence electrons. The first-order chi connectivity index (χ1) is 19.1. The van der Waals surface area contributed by atoms with Crippen LogP contribution in [0.4, 0.5) is 4.79 Å². The number of carbonyl (C=O) groups is 2. The van der Waals surface area contributed by atoms with E-state index in [0.717, 1.165) is 16.7 Å². The normalized spacial score (nSPS) is 16.6. The lowest BCUT2D eigenvalue weighted by Crippen LogP contribution is -2.45. The number of carbonyl (C=O) groups excluding carboxylic acids is 1. The number of hydrogen-bond donors (Lipinski definition) is 1. The van der Waals surface area contributed by atoms with E-state index in [1.165, 1.54) is 4.67 Å². The SMILES string of the molecule is CC(C)(C)OC(=O)[PH](=O)N1Cc2c(ncn2C(c2ccccc2)(c2ccccc2)c2ccccc2)C[C@H]1C(=O)O. The summed E-state index contributed by atoms with van der Waals surface area (Å²) in [5, 5.41) is 10.0.